The topological polar surface area (TPSA) is 41.1 Å². The summed E-state index contributed by atoms with van der Waals surface area (Å²) < 4.78 is 36.3. The minimum absolute atomic E-state index is 0.136. The molecule has 0 bridgehead atoms. The molecule has 1 aromatic rings. The van der Waals surface area contributed by atoms with Gasteiger partial charge < -0.3 is 10.2 Å². The predicted octanol–water partition coefficient (Wildman–Crippen LogP) is 2.12. The molecule has 1 heterocycles. The Morgan fingerprint density at radius 3 is 2.47 bits per heavy atom. The Morgan fingerprint density at radius 1 is 1.32 bits per heavy atom. The van der Waals surface area contributed by atoms with Gasteiger partial charge >= 0.3 is 6.18 Å². The van der Waals surface area contributed by atoms with Crippen LogP contribution in [-0.4, -0.2) is 35.8 Å². The average Bonchev–Trinajstić information content (AvgIpc) is 3.17. The fraction of sp³-hybridized carbons (Fsp3) is 0.667. The smallest absolute Gasteiger partial charge is 0.344 e. The van der Waals surface area contributed by atoms with Crippen LogP contribution in [0.25, 0.3) is 0 Å². The molecule has 2 rings (SSSR count). The summed E-state index contributed by atoms with van der Waals surface area (Å²) in [6.45, 7) is 0.570. The van der Waals surface area contributed by atoms with E-state index < -0.39 is 12.6 Å². The van der Waals surface area contributed by atoms with E-state index >= 15 is 0 Å². The zero-order chi connectivity index (χ0) is 13.9. The van der Waals surface area contributed by atoms with Crippen molar-refractivity contribution in [2.75, 3.05) is 18.5 Å². The van der Waals surface area contributed by atoms with Gasteiger partial charge in [0.2, 0.25) is 5.95 Å². The van der Waals surface area contributed by atoms with E-state index in [4.69, 9.17) is 0 Å². The maximum atomic E-state index is 12.1. The summed E-state index contributed by atoms with van der Waals surface area (Å²) in [4.78, 5) is 9.58. The van der Waals surface area contributed by atoms with Gasteiger partial charge in [0, 0.05) is 44.1 Å². The number of halogens is 3. The number of alkyl halides is 3. The highest BCUT2D eigenvalue weighted by atomic mass is 19.4. The lowest BCUT2D eigenvalue weighted by Gasteiger charge is -2.17. The molecular weight excluding hydrogens is 257 g/mol. The van der Waals surface area contributed by atoms with Crippen molar-refractivity contribution in [1.29, 1.82) is 0 Å². The van der Waals surface area contributed by atoms with Crippen molar-refractivity contribution in [2.45, 2.75) is 38.0 Å². The Morgan fingerprint density at radius 2 is 1.95 bits per heavy atom. The molecule has 1 aliphatic rings. The molecule has 1 aromatic heterocycles. The second kappa shape index (κ2) is 5.73. The quantitative estimate of drug-likeness (QED) is 0.862. The van der Waals surface area contributed by atoms with Gasteiger partial charge in [0.05, 0.1) is 6.42 Å². The van der Waals surface area contributed by atoms with Crippen molar-refractivity contribution < 1.29 is 13.2 Å². The van der Waals surface area contributed by atoms with Gasteiger partial charge in [-0.3, -0.25) is 0 Å². The van der Waals surface area contributed by atoms with Gasteiger partial charge in [-0.05, 0) is 12.8 Å². The van der Waals surface area contributed by atoms with Crippen LogP contribution in [0, 0.1) is 0 Å². The lowest BCUT2D eigenvalue weighted by Crippen LogP contribution is -2.25. The Balaban J connectivity index is 1.82. The first-order chi connectivity index (χ1) is 8.94. The fourth-order valence-electron chi connectivity index (χ4n) is 1.58. The van der Waals surface area contributed by atoms with E-state index in [9.17, 15) is 13.2 Å². The Labute approximate surface area is 110 Å². The van der Waals surface area contributed by atoms with E-state index in [0.717, 1.165) is 5.56 Å². The first kappa shape index (κ1) is 14.0. The fourth-order valence-corrected chi connectivity index (χ4v) is 1.58. The maximum Gasteiger partial charge on any atom is 0.390 e. The van der Waals surface area contributed by atoms with Crippen LogP contribution in [0.1, 0.15) is 24.8 Å². The molecule has 1 N–H and O–H groups in total. The summed E-state index contributed by atoms with van der Waals surface area (Å²) >= 11 is 0. The SMILES string of the molecule is CN(CCC(F)(F)F)c1ncc(CNC2CC2)cn1. The van der Waals surface area contributed by atoms with E-state index in [1.807, 2.05) is 0 Å². The van der Waals surface area contributed by atoms with Gasteiger partial charge in [-0.1, -0.05) is 0 Å². The van der Waals surface area contributed by atoms with Gasteiger partial charge in [-0.2, -0.15) is 13.2 Å². The molecule has 4 nitrogen and oxygen atoms in total. The highest BCUT2D eigenvalue weighted by Crippen LogP contribution is 2.21. The highest BCUT2D eigenvalue weighted by molar-refractivity contribution is 5.28. The van der Waals surface area contributed by atoms with Crippen LogP contribution < -0.4 is 10.2 Å². The summed E-state index contributed by atoms with van der Waals surface area (Å²) in [5, 5.41) is 3.32. The van der Waals surface area contributed by atoms with Gasteiger partial charge in [0.15, 0.2) is 0 Å². The summed E-state index contributed by atoms with van der Waals surface area (Å²) in [5.74, 6) is 0.319. The van der Waals surface area contributed by atoms with Crippen molar-refractivity contribution in [1.82, 2.24) is 15.3 Å². The molecular formula is C12H17F3N4. The number of aromatic nitrogens is 2. The van der Waals surface area contributed by atoms with Crippen LogP contribution in [0.15, 0.2) is 12.4 Å². The molecule has 0 spiro atoms. The van der Waals surface area contributed by atoms with Crippen LogP contribution in [0.3, 0.4) is 0 Å². The maximum absolute atomic E-state index is 12.1. The largest absolute Gasteiger partial charge is 0.390 e. The predicted molar refractivity (Wildman–Crippen MR) is 65.8 cm³/mol. The van der Waals surface area contributed by atoms with E-state index in [-0.39, 0.29) is 6.54 Å². The molecule has 0 unspecified atom stereocenters. The zero-order valence-corrected chi connectivity index (χ0v) is 10.7. The van der Waals surface area contributed by atoms with Crippen molar-refractivity contribution in [2.24, 2.45) is 0 Å². The van der Waals surface area contributed by atoms with Crippen LogP contribution in [0.2, 0.25) is 0 Å². The molecule has 19 heavy (non-hydrogen) atoms. The highest BCUT2D eigenvalue weighted by Gasteiger charge is 2.27. The molecule has 0 saturated heterocycles. The summed E-state index contributed by atoms with van der Waals surface area (Å²) in [5.41, 5.74) is 0.944. The summed E-state index contributed by atoms with van der Waals surface area (Å²) in [7, 11) is 1.56. The van der Waals surface area contributed by atoms with Crippen molar-refractivity contribution >= 4 is 5.95 Å². The third kappa shape index (κ3) is 5.02. The van der Waals surface area contributed by atoms with Gasteiger partial charge in [-0.15, -0.1) is 0 Å². The second-order valence-electron chi connectivity index (χ2n) is 4.83. The molecule has 1 fully saturated rings. The van der Waals surface area contributed by atoms with Gasteiger partial charge in [0.1, 0.15) is 0 Å². The van der Waals surface area contributed by atoms with E-state index in [2.05, 4.69) is 15.3 Å². The minimum Gasteiger partial charge on any atom is -0.344 e. The lowest BCUT2D eigenvalue weighted by molar-refractivity contribution is -0.132. The van der Waals surface area contributed by atoms with E-state index in [0.29, 0.717) is 18.5 Å². The molecule has 0 atom stereocenters. The average molecular weight is 274 g/mol. The summed E-state index contributed by atoms with van der Waals surface area (Å²) in [6, 6.07) is 0.606. The van der Waals surface area contributed by atoms with Crippen LogP contribution in [0.5, 0.6) is 0 Å². The van der Waals surface area contributed by atoms with Crippen LogP contribution in [-0.2, 0) is 6.54 Å². The molecule has 1 saturated carbocycles. The number of hydrogen-bond donors (Lipinski definition) is 1. The second-order valence-corrected chi connectivity index (χ2v) is 4.83. The third-order valence-electron chi connectivity index (χ3n) is 2.94. The third-order valence-corrected chi connectivity index (χ3v) is 2.94. The van der Waals surface area contributed by atoms with Crippen LogP contribution in [0.4, 0.5) is 19.1 Å². The lowest BCUT2D eigenvalue weighted by atomic mass is 10.3. The summed E-state index contributed by atoms with van der Waals surface area (Å²) in [6.07, 6.45) is 0.710. The zero-order valence-electron chi connectivity index (χ0n) is 10.7. The molecule has 1 aliphatic carbocycles. The van der Waals surface area contributed by atoms with Gasteiger partial charge in [0.25, 0.3) is 0 Å². The van der Waals surface area contributed by atoms with E-state index in [1.165, 1.54) is 17.7 Å². The van der Waals surface area contributed by atoms with Crippen molar-refractivity contribution in [3.05, 3.63) is 18.0 Å². The first-order valence-corrected chi connectivity index (χ1v) is 6.26. The molecule has 106 valence electrons. The number of rotatable bonds is 6. The Bertz CT molecular complexity index is 400. The minimum atomic E-state index is -4.15. The van der Waals surface area contributed by atoms with Gasteiger partial charge in [-0.25, -0.2) is 9.97 Å². The molecule has 7 heteroatoms. The molecule has 0 aromatic carbocycles. The van der Waals surface area contributed by atoms with Crippen molar-refractivity contribution in [3.8, 4) is 0 Å². The normalized spacial score (nSPS) is 15.6. The van der Waals surface area contributed by atoms with E-state index in [1.54, 1.807) is 19.4 Å². The van der Waals surface area contributed by atoms with Crippen molar-refractivity contribution in [3.63, 3.8) is 0 Å². The number of nitrogens with zero attached hydrogens (tertiary/aromatic N) is 3. The number of hydrogen-bond acceptors (Lipinski definition) is 4. The Hall–Kier alpha value is -1.37. The number of nitrogens with one attached hydrogen (secondary N) is 1. The molecule has 0 amide bonds. The Kier molecular flexibility index (Phi) is 4.24. The monoisotopic (exact) mass is 274 g/mol. The standard InChI is InChI=1S/C12H17F3N4/c1-19(5-4-12(13,14)15)11-17-7-9(8-18-11)6-16-10-2-3-10/h7-8,10,16H,2-6H2,1H3. The molecule has 0 radical (unpaired) electrons. The van der Waals surface area contributed by atoms with Crippen LogP contribution >= 0.6 is 0 Å². The first-order valence-electron chi connectivity index (χ1n) is 6.26. The number of anilines is 1. The molecule has 0 aliphatic heterocycles.